The lowest BCUT2D eigenvalue weighted by Crippen LogP contribution is -2.30. The number of aromatic nitrogens is 2. The van der Waals surface area contributed by atoms with Crippen LogP contribution in [0.2, 0.25) is 0 Å². The highest BCUT2D eigenvalue weighted by atomic mass is 16.3. The Kier molecular flexibility index (Phi) is 3.52. The van der Waals surface area contributed by atoms with Gasteiger partial charge in [0.15, 0.2) is 0 Å². The Bertz CT molecular complexity index is 744. The first-order chi connectivity index (χ1) is 10.1. The number of aryl methyl sites for hydroxylation is 1. The summed E-state index contributed by atoms with van der Waals surface area (Å²) < 4.78 is 1.88. The quantitative estimate of drug-likeness (QED) is 0.797. The largest absolute Gasteiger partial charge is 0.389 e. The Morgan fingerprint density at radius 2 is 1.67 bits per heavy atom. The Balaban J connectivity index is 1.87. The summed E-state index contributed by atoms with van der Waals surface area (Å²) in [7, 11) is 1.94. The van der Waals surface area contributed by atoms with Gasteiger partial charge in [-0.15, -0.1) is 0 Å². The summed E-state index contributed by atoms with van der Waals surface area (Å²) in [6, 6.07) is 18.2. The fourth-order valence-corrected chi connectivity index (χ4v) is 2.88. The van der Waals surface area contributed by atoms with Crippen LogP contribution in [0.3, 0.4) is 0 Å². The number of benzene rings is 2. The second-order valence-corrected chi connectivity index (χ2v) is 5.92. The van der Waals surface area contributed by atoms with Gasteiger partial charge in [-0.3, -0.25) is 4.68 Å². The maximum Gasteiger partial charge on any atom is 0.0731 e. The number of rotatable bonds is 4. The van der Waals surface area contributed by atoms with Gasteiger partial charge < -0.3 is 5.11 Å². The Labute approximate surface area is 124 Å². The molecule has 0 aliphatic rings. The smallest absolute Gasteiger partial charge is 0.0731 e. The molecule has 0 bridgehead atoms. The maximum absolute atomic E-state index is 10.7. The van der Waals surface area contributed by atoms with Crippen molar-refractivity contribution in [3.8, 4) is 0 Å². The van der Waals surface area contributed by atoms with Gasteiger partial charge in [-0.2, -0.15) is 5.10 Å². The molecule has 21 heavy (non-hydrogen) atoms. The number of hydrogen-bond acceptors (Lipinski definition) is 2. The molecule has 108 valence electrons. The summed E-state index contributed by atoms with van der Waals surface area (Å²) in [6.45, 7) is 1.88. The van der Waals surface area contributed by atoms with Gasteiger partial charge in [0.1, 0.15) is 0 Å². The second-order valence-electron chi connectivity index (χ2n) is 5.92. The molecule has 0 fully saturated rings. The topological polar surface area (TPSA) is 38.0 Å². The van der Waals surface area contributed by atoms with Crippen molar-refractivity contribution in [2.75, 3.05) is 0 Å². The zero-order valence-corrected chi connectivity index (χ0v) is 12.5. The number of hydrogen-bond donors (Lipinski definition) is 1. The van der Waals surface area contributed by atoms with Crippen molar-refractivity contribution in [3.05, 3.63) is 65.9 Å². The minimum Gasteiger partial charge on any atom is -0.389 e. The van der Waals surface area contributed by atoms with Gasteiger partial charge in [0, 0.05) is 25.3 Å². The van der Waals surface area contributed by atoms with E-state index in [9.17, 15) is 5.11 Å². The number of para-hydroxylation sites is 1. The van der Waals surface area contributed by atoms with Gasteiger partial charge >= 0.3 is 0 Å². The lowest BCUT2D eigenvalue weighted by atomic mass is 9.91. The molecule has 1 atom stereocenters. The molecule has 3 aromatic rings. The highest BCUT2D eigenvalue weighted by molar-refractivity contribution is 5.81. The molecule has 0 amide bonds. The van der Waals surface area contributed by atoms with Crippen molar-refractivity contribution in [2.45, 2.75) is 25.4 Å². The van der Waals surface area contributed by atoms with E-state index < -0.39 is 5.60 Å². The van der Waals surface area contributed by atoms with E-state index in [4.69, 9.17) is 0 Å². The summed E-state index contributed by atoms with van der Waals surface area (Å²) in [6.07, 6.45) is 1.17. The highest BCUT2D eigenvalue weighted by Gasteiger charge is 2.24. The van der Waals surface area contributed by atoms with Gasteiger partial charge in [-0.05, 0) is 18.6 Å². The monoisotopic (exact) mass is 280 g/mol. The van der Waals surface area contributed by atoms with Crippen molar-refractivity contribution >= 4 is 10.9 Å². The van der Waals surface area contributed by atoms with Crippen LogP contribution in [0, 0.1) is 0 Å². The summed E-state index contributed by atoms with van der Waals surface area (Å²) in [4.78, 5) is 0. The minimum absolute atomic E-state index is 0.545. The first-order valence-corrected chi connectivity index (χ1v) is 7.22. The second kappa shape index (κ2) is 5.34. The van der Waals surface area contributed by atoms with Crippen LogP contribution in [-0.2, 0) is 19.9 Å². The Morgan fingerprint density at radius 3 is 2.43 bits per heavy atom. The molecule has 0 radical (unpaired) electrons. The summed E-state index contributed by atoms with van der Waals surface area (Å²) in [5.74, 6) is 0. The lowest BCUT2D eigenvalue weighted by Gasteiger charge is -2.22. The van der Waals surface area contributed by atoms with Gasteiger partial charge in [-0.25, -0.2) is 0 Å². The first kappa shape index (κ1) is 13.8. The molecular formula is C18H20N2O. The van der Waals surface area contributed by atoms with Gasteiger partial charge in [0.05, 0.1) is 16.8 Å². The van der Waals surface area contributed by atoms with Crippen molar-refractivity contribution < 1.29 is 5.11 Å². The van der Waals surface area contributed by atoms with E-state index in [-0.39, 0.29) is 0 Å². The van der Waals surface area contributed by atoms with Crippen LogP contribution in [0.15, 0.2) is 54.6 Å². The minimum atomic E-state index is -0.807. The van der Waals surface area contributed by atoms with Gasteiger partial charge in [0.25, 0.3) is 0 Å². The number of nitrogens with zero attached hydrogens (tertiary/aromatic N) is 2. The maximum atomic E-state index is 10.7. The van der Waals surface area contributed by atoms with E-state index >= 15 is 0 Å². The third kappa shape index (κ3) is 2.98. The molecule has 0 aliphatic carbocycles. The zero-order valence-electron chi connectivity index (χ0n) is 12.5. The molecule has 1 N–H and O–H groups in total. The van der Waals surface area contributed by atoms with Crippen LogP contribution in [0.1, 0.15) is 18.2 Å². The molecule has 1 heterocycles. The van der Waals surface area contributed by atoms with E-state index in [1.807, 2.05) is 61.1 Å². The molecule has 0 spiro atoms. The van der Waals surface area contributed by atoms with Gasteiger partial charge in [-0.1, -0.05) is 48.5 Å². The standard InChI is InChI=1S/C18H20N2O/c1-18(21,12-14-8-4-3-5-9-14)13-16-15-10-6-7-11-17(15)20(2)19-16/h3-11,21H,12-13H2,1-2H3. The molecule has 1 aromatic heterocycles. The van der Waals surface area contributed by atoms with E-state index in [0.29, 0.717) is 12.8 Å². The van der Waals surface area contributed by atoms with E-state index in [0.717, 1.165) is 22.2 Å². The van der Waals surface area contributed by atoms with Crippen LogP contribution in [0.5, 0.6) is 0 Å². The summed E-state index contributed by atoms with van der Waals surface area (Å²) in [5, 5.41) is 16.4. The third-order valence-corrected chi connectivity index (χ3v) is 3.81. The van der Waals surface area contributed by atoms with Gasteiger partial charge in [0.2, 0.25) is 0 Å². The summed E-state index contributed by atoms with van der Waals surface area (Å²) >= 11 is 0. The first-order valence-electron chi connectivity index (χ1n) is 7.22. The molecule has 3 rings (SSSR count). The van der Waals surface area contributed by atoms with Crippen LogP contribution in [0.25, 0.3) is 10.9 Å². The average molecular weight is 280 g/mol. The fourth-order valence-electron chi connectivity index (χ4n) is 2.88. The molecule has 0 saturated heterocycles. The average Bonchev–Trinajstić information content (AvgIpc) is 2.76. The molecule has 1 unspecified atom stereocenters. The predicted molar refractivity (Wildman–Crippen MR) is 85.2 cm³/mol. The van der Waals surface area contributed by atoms with Crippen molar-refractivity contribution in [1.82, 2.24) is 9.78 Å². The molecule has 0 aliphatic heterocycles. The van der Waals surface area contributed by atoms with E-state index in [1.165, 1.54) is 0 Å². The molecule has 2 aromatic carbocycles. The Hall–Kier alpha value is -2.13. The van der Waals surface area contributed by atoms with E-state index in [2.05, 4.69) is 17.2 Å². The predicted octanol–water partition coefficient (Wildman–Crippen LogP) is 3.11. The lowest BCUT2D eigenvalue weighted by molar-refractivity contribution is 0.0600. The molecule has 0 saturated carbocycles. The summed E-state index contributed by atoms with van der Waals surface area (Å²) in [5.41, 5.74) is 2.39. The zero-order chi connectivity index (χ0) is 14.9. The molecule has 3 nitrogen and oxygen atoms in total. The SMILES string of the molecule is Cn1nc(CC(C)(O)Cc2ccccc2)c2ccccc21. The highest BCUT2D eigenvalue weighted by Crippen LogP contribution is 2.24. The Morgan fingerprint density at radius 1 is 1.00 bits per heavy atom. The van der Waals surface area contributed by atoms with Crippen LogP contribution in [-0.4, -0.2) is 20.5 Å². The van der Waals surface area contributed by atoms with Crippen LogP contribution >= 0.6 is 0 Å². The van der Waals surface area contributed by atoms with E-state index in [1.54, 1.807) is 0 Å². The van der Waals surface area contributed by atoms with Crippen molar-refractivity contribution in [2.24, 2.45) is 7.05 Å². The van der Waals surface area contributed by atoms with Crippen LogP contribution in [0.4, 0.5) is 0 Å². The number of fused-ring (bicyclic) bond motifs is 1. The third-order valence-electron chi connectivity index (χ3n) is 3.81. The fraction of sp³-hybridized carbons (Fsp3) is 0.278. The number of aliphatic hydroxyl groups is 1. The van der Waals surface area contributed by atoms with Crippen molar-refractivity contribution in [3.63, 3.8) is 0 Å². The molecular weight excluding hydrogens is 260 g/mol. The van der Waals surface area contributed by atoms with Crippen LogP contribution < -0.4 is 0 Å². The normalized spacial score (nSPS) is 14.2. The van der Waals surface area contributed by atoms with Crippen molar-refractivity contribution in [1.29, 1.82) is 0 Å². The molecule has 3 heteroatoms.